The maximum Gasteiger partial charge on any atom is 0.178 e. The molecule has 0 saturated carbocycles. The Kier molecular flexibility index (Phi) is 4.03. The molecule has 1 aliphatic rings. The number of benzene rings is 1. The van der Waals surface area contributed by atoms with Crippen molar-refractivity contribution in [2.45, 2.75) is 0 Å². The zero-order valence-corrected chi connectivity index (χ0v) is 8.33. The molecule has 16 heavy (non-hydrogen) atoms. The lowest BCUT2D eigenvalue weighted by molar-refractivity contribution is -0.113. The lowest BCUT2D eigenvalue weighted by atomic mass is 10.2. The Labute approximate surface area is 92.2 Å². The van der Waals surface area contributed by atoms with Gasteiger partial charge in [0.2, 0.25) is 0 Å². The monoisotopic (exact) mass is 218 g/mol. The molecular formula is C12H10O4. The Hall–Kier alpha value is -2.36. The van der Waals surface area contributed by atoms with E-state index in [2.05, 4.69) is 0 Å². The van der Waals surface area contributed by atoms with Gasteiger partial charge in [0.1, 0.15) is 11.5 Å². The van der Waals surface area contributed by atoms with E-state index in [1.165, 1.54) is 48.6 Å². The van der Waals surface area contributed by atoms with Crippen molar-refractivity contribution in [3.05, 3.63) is 48.6 Å². The van der Waals surface area contributed by atoms with Crippen LogP contribution < -0.4 is 0 Å². The summed E-state index contributed by atoms with van der Waals surface area (Å²) in [6.45, 7) is 0. The van der Waals surface area contributed by atoms with Gasteiger partial charge in [-0.3, -0.25) is 9.59 Å². The molecule has 0 radical (unpaired) electrons. The van der Waals surface area contributed by atoms with Gasteiger partial charge in [-0.2, -0.15) is 0 Å². The molecule has 1 aliphatic carbocycles. The van der Waals surface area contributed by atoms with Crippen LogP contribution in [0, 0.1) is 0 Å². The molecule has 82 valence electrons. The zero-order chi connectivity index (χ0) is 12.0. The van der Waals surface area contributed by atoms with E-state index in [9.17, 15) is 9.59 Å². The van der Waals surface area contributed by atoms with E-state index in [1.807, 2.05) is 0 Å². The largest absolute Gasteiger partial charge is 0.508 e. The molecule has 0 saturated heterocycles. The first-order chi connectivity index (χ1) is 7.58. The van der Waals surface area contributed by atoms with Gasteiger partial charge >= 0.3 is 0 Å². The summed E-state index contributed by atoms with van der Waals surface area (Å²) in [4.78, 5) is 20.6. The van der Waals surface area contributed by atoms with Crippen LogP contribution in [0.15, 0.2) is 48.6 Å². The number of ketones is 2. The van der Waals surface area contributed by atoms with Crippen LogP contribution in [-0.2, 0) is 9.59 Å². The molecule has 0 fully saturated rings. The zero-order valence-electron chi connectivity index (χ0n) is 8.33. The van der Waals surface area contributed by atoms with E-state index >= 15 is 0 Å². The lowest BCUT2D eigenvalue weighted by Gasteiger charge is -1.88. The van der Waals surface area contributed by atoms with Crippen LogP contribution in [0.3, 0.4) is 0 Å². The summed E-state index contributed by atoms with van der Waals surface area (Å²) in [7, 11) is 0. The van der Waals surface area contributed by atoms with Crippen molar-refractivity contribution in [3.63, 3.8) is 0 Å². The standard InChI is InChI=1S/C6H6O2.C6H4O2/c2*7-5-1-2-6(8)4-3-5/h1-4,7-8H;1-4H. The van der Waals surface area contributed by atoms with Gasteiger partial charge in [0, 0.05) is 0 Å². The lowest BCUT2D eigenvalue weighted by Crippen LogP contribution is -1.97. The van der Waals surface area contributed by atoms with E-state index in [4.69, 9.17) is 10.2 Å². The maximum atomic E-state index is 10.3. The third-order valence-electron chi connectivity index (χ3n) is 1.67. The van der Waals surface area contributed by atoms with Crippen molar-refractivity contribution in [1.29, 1.82) is 0 Å². The number of hydrogen-bond acceptors (Lipinski definition) is 4. The highest BCUT2D eigenvalue weighted by Crippen LogP contribution is 2.13. The fraction of sp³-hybridized carbons (Fsp3) is 0. The number of rotatable bonds is 0. The molecular weight excluding hydrogens is 208 g/mol. The molecule has 2 N–H and O–H groups in total. The predicted molar refractivity (Wildman–Crippen MR) is 58.1 cm³/mol. The molecule has 0 spiro atoms. The molecule has 0 amide bonds. The summed E-state index contributed by atoms with van der Waals surface area (Å²) < 4.78 is 0. The van der Waals surface area contributed by atoms with Gasteiger partial charge in [0.05, 0.1) is 0 Å². The summed E-state index contributed by atoms with van der Waals surface area (Å²) in [5.74, 6) is 0.0970. The molecule has 0 bridgehead atoms. The molecule has 2 rings (SSSR count). The van der Waals surface area contributed by atoms with Crippen LogP contribution in [0.2, 0.25) is 0 Å². The van der Waals surface area contributed by atoms with Crippen LogP contribution in [0.5, 0.6) is 11.5 Å². The summed E-state index contributed by atoms with van der Waals surface area (Å²) in [6, 6.07) is 5.70. The van der Waals surface area contributed by atoms with E-state index < -0.39 is 0 Å². The Morgan fingerprint density at radius 2 is 0.875 bits per heavy atom. The van der Waals surface area contributed by atoms with Crippen molar-refractivity contribution < 1.29 is 19.8 Å². The molecule has 0 heterocycles. The molecule has 4 heteroatoms. The Bertz CT molecular complexity index is 382. The van der Waals surface area contributed by atoms with E-state index in [1.54, 1.807) is 0 Å². The second-order valence-corrected chi connectivity index (χ2v) is 2.99. The van der Waals surface area contributed by atoms with Crippen LogP contribution in [0.4, 0.5) is 0 Å². The van der Waals surface area contributed by atoms with Crippen molar-refractivity contribution in [1.82, 2.24) is 0 Å². The highest BCUT2D eigenvalue weighted by molar-refractivity contribution is 6.14. The molecule has 1 aromatic carbocycles. The number of phenols is 2. The number of aromatic hydroxyl groups is 2. The van der Waals surface area contributed by atoms with Gasteiger partial charge in [0.25, 0.3) is 0 Å². The van der Waals surface area contributed by atoms with E-state index in [0.717, 1.165) is 0 Å². The Balaban J connectivity index is 0.000000160. The topological polar surface area (TPSA) is 74.6 Å². The van der Waals surface area contributed by atoms with Crippen LogP contribution >= 0.6 is 0 Å². The second kappa shape index (κ2) is 5.50. The summed E-state index contributed by atoms with van der Waals surface area (Å²) in [5, 5.41) is 17.3. The van der Waals surface area contributed by atoms with Gasteiger partial charge in [0.15, 0.2) is 11.6 Å². The predicted octanol–water partition coefficient (Wildman–Crippen LogP) is 1.35. The molecule has 0 aromatic heterocycles. The Morgan fingerprint density at radius 3 is 1.12 bits per heavy atom. The number of allylic oxidation sites excluding steroid dienone is 4. The van der Waals surface area contributed by atoms with Crippen molar-refractivity contribution in [2.75, 3.05) is 0 Å². The average molecular weight is 218 g/mol. The molecule has 0 atom stereocenters. The van der Waals surface area contributed by atoms with Gasteiger partial charge in [-0.05, 0) is 48.6 Å². The minimum atomic E-state index is -0.121. The second-order valence-electron chi connectivity index (χ2n) is 2.99. The average Bonchev–Trinajstić information content (AvgIpc) is 2.28. The third kappa shape index (κ3) is 4.23. The van der Waals surface area contributed by atoms with E-state index in [0.29, 0.717) is 0 Å². The first-order valence-corrected chi connectivity index (χ1v) is 4.50. The van der Waals surface area contributed by atoms with Gasteiger partial charge in [-0.25, -0.2) is 0 Å². The number of carbonyl (C=O) groups excluding carboxylic acids is 2. The van der Waals surface area contributed by atoms with Crippen LogP contribution in [0.25, 0.3) is 0 Å². The smallest absolute Gasteiger partial charge is 0.178 e. The normalized spacial score (nSPS) is 13.2. The van der Waals surface area contributed by atoms with Gasteiger partial charge < -0.3 is 10.2 Å². The van der Waals surface area contributed by atoms with Crippen LogP contribution in [-0.4, -0.2) is 21.8 Å². The van der Waals surface area contributed by atoms with Crippen LogP contribution in [0.1, 0.15) is 0 Å². The fourth-order valence-corrected chi connectivity index (χ4v) is 0.892. The first-order valence-electron chi connectivity index (χ1n) is 4.50. The molecule has 0 unspecified atom stereocenters. The summed E-state index contributed by atoms with van der Waals surface area (Å²) >= 11 is 0. The van der Waals surface area contributed by atoms with Crippen molar-refractivity contribution in [3.8, 4) is 11.5 Å². The molecule has 4 nitrogen and oxygen atoms in total. The highest BCUT2D eigenvalue weighted by atomic mass is 16.3. The minimum absolute atomic E-state index is 0.121. The first kappa shape index (κ1) is 11.7. The van der Waals surface area contributed by atoms with Crippen molar-refractivity contribution >= 4 is 11.6 Å². The number of phenolic OH excluding ortho intramolecular Hbond substituents is 2. The summed E-state index contributed by atoms with van der Waals surface area (Å²) in [6.07, 6.45) is 5.01. The molecule has 1 aromatic rings. The summed E-state index contributed by atoms with van der Waals surface area (Å²) in [5.41, 5.74) is 0. The fourth-order valence-electron chi connectivity index (χ4n) is 0.892. The Morgan fingerprint density at radius 1 is 0.625 bits per heavy atom. The van der Waals surface area contributed by atoms with E-state index in [-0.39, 0.29) is 23.1 Å². The van der Waals surface area contributed by atoms with Gasteiger partial charge in [-0.1, -0.05) is 0 Å². The van der Waals surface area contributed by atoms with Gasteiger partial charge in [-0.15, -0.1) is 0 Å². The van der Waals surface area contributed by atoms with Crippen molar-refractivity contribution in [2.24, 2.45) is 0 Å². The quantitative estimate of drug-likeness (QED) is 0.509. The number of hydrogen-bond donors (Lipinski definition) is 2. The third-order valence-corrected chi connectivity index (χ3v) is 1.67. The SMILES string of the molecule is O=C1C=CC(=O)C=C1.Oc1ccc(O)cc1. The highest BCUT2D eigenvalue weighted by Gasteiger charge is 1.97. The minimum Gasteiger partial charge on any atom is -0.508 e. The number of carbonyl (C=O) groups is 2. The maximum absolute atomic E-state index is 10.3. The molecule has 0 aliphatic heterocycles.